The van der Waals surface area contributed by atoms with Crippen molar-refractivity contribution in [1.29, 1.82) is 5.41 Å². The first-order valence-electron chi connectivity index (χ1n) is 9.51. The molecule has 0 aliphatic heterocycles. The highest BCUT2D eigenvalue weighted by atomic mass is 35.5. The Morgan fingerprint density at radius 2 is 1.87 bits per heavy atom. The fraction of sp³-hybridized carbons (Fsp3) is 0.130. The Labute approximate surface area is 186 Å². The molecule has 3 N–H and O–H groups in total. The highest BCUT2D eigenvalue weighted by Gasteiger charge is 2.16. The highest BCUT2D eigenvalue weighted by Crippen LogP contribution is 2.24. The van der Waals surface area contributed by atoms with Gasteiger partial charge in [-0.2, -0.15) is 0 Å². The molecule has 0 saturated heterocycles. The van der Waals surface area contributed by atoms with Crippen molar-refractivity contribution in [1.82, 2.24) is 14.5 Å². The average Bonchev–Trinajstić information content (AvgIpc) is 3.08. The molecule has 0 atom stereocenters. The number of nitrogens with two attached hydrogens (primary N) is 1. The minimum atomic E-state index is -0.121. The minimum absolute atomic E-state index is 0. The zero-order chi connectivity index (χ0) is 21.3. The van der Waals surface area contributed by atoms with Gasteiger partial charge in [0.1, 0.15) is 11.7 Å². The number of amides is 1. The van der Waals surface area contributed by atoms with E-state index in [9.17, 15) is 4.79 Å². The van der Waals surface area contributed by atoms with Crippen LogP contribution < -0.4 is 10.6 Å². The molecule has 0 spiro atoms. The van der Waals surface area contributed by atoms with Crippen molar-refractivity contribution in [2.24, 2.45) is 12.8 Å². The fourth-order valence-corrected chi connectivity index (χ4v) is 3.39. The van der Waals surface area contributed by atoms with Crippen LogP contribution in [0.2, 0.25) is 0 Å². The van der Waals surface area contributed by atoms with Crippen LogP contribution in [0.1, 0.15) is 27.3 Å². The number of benzene rings is 2. The standard InChI is InChI=1S/C23H22N6O.ClH/c1-28(23(30)17-4-3-11-26-14-17)18-9-10-20-19(13-18)27-21(29(20)2)12-15-5-7-16(8-6-15)22(24)25;/h3-11,13-14H,12H2,1-2H3,(H3,24,25);1H. The molecular formula is C23H23ClN6O. The molecule has 8 heteroatoms. The Kier molecular flexibility index (Phi) is 6.36. The molecule has 0 fully saturated rings. The number of hydrogen-bond donors (Lipinski definition) is 2. The van der Waals surface area contributed by atoms with Gasteiger partial charge in [0.25, 0.3) is 5.91 Å². The molecule has 2 aromatic carbocycles. The van der Waals surface area contributed by atoms with Gasteiger partial charge in [-0.25, -0.2) is 4.98 Å². The lowest BCUT2D eigenvalue weighted by molar-refractivity contribution is 0.0992. The molecule has 4 rings (SSSR count). The summed E-state index contributed by atoms with van der Waals surface area (Å²) in [7, 11) is 3.73. The predicted molar refractivity (Wildman–Crippen MR) is 125 cm³/mol. The van der Waals surface area contributed by atoms with Crippen LogP contribution in [0.5, 0.6) is 0 Å². The first kappa shape index (κ1) is 22.0. The van der Waals surface area contributed by atoms with Crippen molar-refractivity contribution in [3.63, 3.8) is 0 Å². The van der Waals surface area contributed by atoms with Gasteiger partial charge in [0.2, 0.25) is 0 Å². The minimum Gasteiger partial charge on any atom is -0.384 e. The van der Waals surface area contributed by atoms with Crippen LogP contribution in [-0.4, -0.2) is 33.3 Å². The van der Waals surface area contributed by atoms with Crippen molar-refractivity contribution >= 4 is 40.9 Å². The topological polar surface area (TPSA) is 101 Å². The number of amidine groups is 1. The lowest BCUT2D eigenvalue weighted by Gasteiger charge is -2.17. The number of pyridine rings is 1. The molecule has 1 amide bonds. The third-order valence-corrected chi connectivity index (χ3v) is 5.18. The van der Waals surface area contributed by atoms with Gasteiger partial charge in [-0.3, -0.25) is 15.2 Å². The van der Waals surface area contributed by atoms with E-state index < -0.39 is 0 Å². The third kappa shape index (κ3) is 4.41. The maximum Gasteiger partial charge on any atom is 0.259 e. The van der Waals surface area contributed by atoms with Gasteiger partial charge in [0.15, 0.2) is 0 Å². The van der Waals surface area contributed by atoms with Crippen LogP contribution >= 0.6 is 12.4 Å². The van der Waals surface area contributed by atoms with E-state index in [0.717, 1.165) is 28.1 Å². The predicted octanol–water partition coefficient (Wildman–Crippen LogP) is 3.54. The van der Waals surface area contributed by atoms with Gasteiger partial charge < -0.3 is 15.2 Å². The fourth-order valence-electron chi connectivity index (χ4n) is 3.39. The van der Waals surface area contributed by atoms with E-state index in [1.165, 1.54) is 0 Å². The number of carbonyl (C=O) groups is 1. The molecule has 0 unspecified atom stereocenters. The first-order valence-corrected chi connectivity index (χ1v) is 9.51. The van der Waals surface area contributed by atoms with Crippen molar-refractivity contribution in [2.75, 3.05) is 11.9 Å². The Morgan fingerprint density at radius 3 is 2.52 bits per heavy atom. The van der Waals surface area contributed by atoms with Crippen molar-refractivity contribution in [2.45, 2.75) is 6.42 Å². The second-order valence-electron chi connectivity index (χ2n) is 7.15. The number of aryl methyl sites for hydroxylation is 1. The van der Waals surface area contributed by atoms with Gasteiger partial charge in [-0.15, -0.1) is 12.4 Å². The van der Waals surface area contributed by atoms with Crippen LogP contribution in [0.15, 0.2) is 67.0 Å². The van der Waals surface area contributed by atoms with Crippen molar-refractivity contribution in [3.8, 4) is 0 Å². The number of carbonyl (C=O) groups excluding carboxylic acids is 1. The number of nitrogens with one attached hydrogen (secondary N) is 1. The Morgan fingerprint density at radius 1 is 1.13 bits per heavy atom. The number of hydrogen-bond acceptors (Lipinski definition) is 4. The maximum absolute atomic E-state index is 12.7. The Balaban J connectivity index is 0.00000272. The second kappa shape index (κ2) is 8.97. The SMILES string of the molecule is CN(C(=O)c1cccnc1)c1ccc2c(c1)nc(Cc1ccc(C(=N)N)cc1)n2C.Cl. The van der Waals surface area contributed by atoms with Gasteiger partial charge in [0.05, 0.1) is 16.6 Å². The summed E-state index contributed by atoms with van der Waals surface area (Å²) in [5.41, 5.74) is 10.4. The summed E-state index contributed by atoms with van der Waals surface area (Å²) in [4.78, 5) is 23.1. The number of imidazole rings is 1. The smallest absolute Gasteiger partial charge is 0.259 e. The molecular weight excluding hydrogens is 412 g/mol. The molecule has 2 heterocycles. The van der Waals surface area contributed by atoms with Crippen molar-refractivity contribution in [3.05, 3.63) is 89.5 Å². The number of anilines is 1. The van der Waals surface area contributed by atoms with Crippen LogP contribution in [0, 0.1) is 5.41 Å². The molecule has 0 aliphatic carbocycles. The molecule has 7 nitrogen and oxygen atoms in total. The normalized spacial score (nSPS) is 10.5. The summed E-state index contributed by atoms with van der Waals surface area (Å²) in [5.74, 6) is 0.852. The average molecular weight is 435 g/mol. The van der Waals surface area contributed by atoms with Crippen molar-refractivity contribution < 1.29 is 4.79 Å². The quantitative estimate of drug-likeness (QED) is 0.370. The number of aromatic nitrogens is 3. The maximum atomic E-state index is 12.7. The number of rotatable bonds is 5. The summed E-state index contributed by atoms with van der Waals surface area (Å²) in [5, 5.41) is 7.50. The first-order chi connectivity index (χ1) is 14.4. The van der Waals surface area contributed by atoms with Gasteiger partial charge >= 0.3 is 0 Å². The van der Waals surface area contributed by atoms with Gasteiger partial charge in [0, 0.05) is 44.2 Å². The number of nitrogen functional groups attached to an aromatic ring is 1. The van der Waals surface area contributed by atoms with E-state index in [1.807, 2.05) is 49.5 Å². The van der Waals surface area contributed by atoms with Crippen LogP contribution in [-0.2, 0) is 13.5 Å². The second-order valence-corrected chi connectivity index (χ2v) is 7.15. The summed E-state index contributed by atoms with van der Waals surface area (Å²) in [6.45, 7) is 0. The van der Waals surface area contributed by atoms with Crippen LogP contribution in [0.3, 0.4) is 0 Å². The summed E-state index contributed by atoms with van der Waals surface area (Å²) in [6.07, 6.45) is 3.86. The van der Waals surface area contributed by atoms with E-state index in [4.69, 9.17) is 16.1 Å². The lowest BCUT2D eigenvalue weighted by atomic mass is 10.1. The molecule has 31 heavy (non-hydrogen) atoms. The summed E-state index contributed by atoms with van der Waals surface area (Å²) in [6, 6.07) is 16.9. The van der Waals surface area contributed by atoms with Crippen LogP contribution in [0.4, 0.5) is 5.69 Å². The Bertz CT molecular complexity index is 1230. The molecule has 0 radical (unpaired) electrons. The molecule has 0 saturated carbocycles. The Hall–Kier alpha value is -3.71. The van der Waals surface area contributed by atoms with E-state index in [0.29, 0.717) is 17.5 Å². The zero-order valence-corrected chi connectivity index (χ0v) is 18.1. The largest absolute Gasteiger partial charge is 0.384 e. The highest BCUT2D eigenvalue weighted by molar-refractivity contribution is 6.06. The van der Waals surface area contributed by atoms with E-state index in [1.54, 1.807) is 36.5 Å². The molecule has 4 aromatic rings. The molecule has 2 aromatic heterocycles. The summed E-state index contributed by atoms with van der Waals surface area (Å²) < 4.78 is 2.06. The third-order valence-electron chi connectivity index (χ3n) is 5.18. The lowest BCUT2D eigenvalue weighted by Crippen LogP contribution is -2.26. The van der Waals surface area contributed by atoms with Gasteiger partial charge in [-0.1, -0.05) is 24.3 Å². The summed E-state index contributed by atoms with van der Waals surface area (Å²) >= 11 is 0. The van der Waals surface area contributed by atoms with Crippen LogP contribution in [0.25, 0.3) is 11.0 Å². The monoisotopic (exact) mass is 434 g/mol. The number of fused-ring (bicyclic) bond motifs is 1. The van der Waals surface area contributed by atoms with Gasteiger partial charge in [-0.05, 0) is 35.9 Å². The van der Waals surface area contributed by atoms with E-state index >= 15 is 0 Å². The molecule has 0 bridgehead atoms. The number of halogens is 1. The molecule has 0 aliphatic rings. The molecule has 158 valence electrons. The van der Waals surface area contributed by atoms with E-state index in [2.05, 4.69) is 9.55 Å². The van der Waals surface area contributed by atoms with E-state index in [-0.39, 0.29) is 24.1 Å². The number of nitrogens with zero attached hydrogens (tertiary/aromatic N) is 4. The zero-order valence-electron chi connectivity index (χ0n) is 17.2.